The van der Waals surface area contributed by atoms with Crippen LogP contribution in [-0.2, 0) is 25.6 Å². The van der Waals surface area contributed by atoms with Crippen LogP contribution in [0.1, 0.15) is 39.2 Å². The van der Waals surface area contributed by atoms with E-state index in [2.05, 4.69) is 11.9 Å². The Morgan fingerprint density at radius 1 is 1.38 bits per heavy atom. The first-order valence-corrected chi connectivity index (χ1v) is 9.13. The van der Waals surface area contributed by atoms with Gasteiger partial charge in [0.25, 0.3) is 0 Å². The van der Waals surface area contributed by atoms with Gasteiger partial charge >= 0.3 is 17.2 Å². The van der Waals surface area contributed by atoms with Gasteiger partial charge in [-0.05, 0) is 24.5 Å². The molecule has 0 radical (unpaired) electrons. The van der Waals surface area contributed by atoms with E-state index in [-0.39, 0.29) is 6.04 Å². The number of pyridine rings is 1. The zero-order chi connectivity index (χ0) is 17.7. The van der Waals surface area contributed by atoms with Crippen molar-refractivity contribution in [2.45, 2.75) is 51.4 Å². The highest BCUT2D eigenvalue weighted by Gasteiger charge is 2.50. The summed E-state index contributed by atoms with van der Waals surface area (Å²) in [6.07, 6.45) is 3.42. The molecule has 1 saturated heterocycles. The molecule has 0 spiro atoms. The fraction of sp³-hybridized carbons (Fsp3) is 0.562. The minimum atomic E-state index is -1.45. The van der Waals surface area contributed by atoms with Gasteiger partial charge in [0.2, 0.25) is 0 Å². The molecule has 1 aliphatic rings. The molecule has 132 valence electrons. The highest BCUT2D eigenvalue weighted by Crippen LogP contribution is 2.42. The number of hydrogen-bond acceptors (Lipinski definition) is 7. The molecule has 24 heavy (non-hydrogen) atoms. The van der Waals surface area contributed by atoms with Crippen molar-refractivity contribution in [3.8, 4) is 0 Å². The maximum Gasteiger partial charge on any atom is 0.374 e. The van der Waals surface area contributed by atoms with Crippen LogP contribution in [0.5, 0.6) is 0 Å². The molecule has 0 bridgehead atoms. The Hall–Kier alpha value is -1.31. The molecular weight excluding hydrogens is 352 g/mol. The van der Waals surface area contributed by atoms with Gasteiger partial charge in [0.1, 0.15) is 5.15 Å². The van der Waals surface area contributed by atoms with Crippen LogP contribution >= 0.6 is 23.4 Å². The molecule has 1 unspecified atom stereocenters. The molecule has 0 amide bonds. The van der Waals surface area contributed by atoms with Gasteiger partial charge < -0.3 is 9.47 Å². The average Bonchev–Trinajstić information content (AvgIpc) is 2.50. The summed E-state index contributed by atoms with van der Waals surface area (Å²) in [6.45, 7) is 5.10. The van der Waals surface area contributed by atoms with Crippen LogP contribution in [0.4, 0.5) is 0 Å². The molecule has 0 aliphatic carbocycles. The second-order valence-electron chi connectivity index (χ2n) is 5.53. The Morgan fingerprint density at radius 3 is 2.54 bits per heavy atom. The van der Waals surface area contributed by atoms with Crippen molar-refractivity contribution in [3.63, 3.8) is 0 Å². The molecule has 1 aliphatic heterocycles. The molecule has 2 rings (SSSR count). The number of ether oxygens (including phenoxy) is 2. The number of thioether (sulfide) groups is 1. The highest BCUT2D eigenvalue weighted by atomic mass is 35.5. The summed E-state index contributed by atoms with van der Waals surface area (Å²) in [5.74, 6) is -0.270. The monoisotopic (exact) mass is 372 g/mol. The lowest BCUT2D eigenvalue weighted by molar-refractivity contribution is -0.250. The third-order valence-electron chi connectivity index (χ3n) is 3.69. The Morgan fingerprint density at radius 2 is 2.04 bits per heavy atom. The van der Waals surface area contributed by atoms with Crippen molar-refractivity contribution >= 4 is 35.3 Å². The zero-order valence-electron chi connectivity index (χ0n) is 14.0. The third-order valence-corrected chi connectivity index (χ3v) is 5.12. The van der Waals surface area contributed by atoms with E-state index in [1.807, 2.05) is 11.0 Å². The number of rotatable bonds is 5. The number of hydrogen-bond donors (Lipinski definition) is 0. The number of carbonyl (C=O) groups is 2. The Kier molecular flexibility index (Phi) is 6.48. The fourth-order valence-corrected chi connectivity index (χ4v) is 4.19. The van der Waals surface area contributed by atoms with Crippen LogP contribution in [0, 0.1) is 0 Å². The minimum Gasteiger partial charge on any atom is -0.399 e. The maximum absolute atomic E-state index is 11.7. The Bertz CT molecular complexity index is 580. The van der Waals surface area contributed by atoms with Crippen LogP contribution in [0.2, 0.25) is 5.15 Å². The zero-order valence-corrected chi connectivity index (χ0v) is 15.5. The van der Waals surface area contributed by atoms with Crippen LogP contribution in [0.15, 0.2) is 18.3 Å². The van der Waals surface area contributed by atoms with Crippen LogP contribution < -0.4 is 0 Å². The summed E-state index contributed by atoms with van der Waals surface area (Å²) in [5.41, 5.74) is 0.893. The van der Waals surface area contributed by atoms with Crippen molar-refractivity contribution in [3.05, 3.63) is 29.0 Å². The fourth-order valence-electron chi connectivity index (χ4n) is 2.69. The van der Waals surface area contributed by atoms with Gasteiger partial charge in [-0.2, -0.15) is 0 Å². The quantitative estimate of drug-likeness (QED) is 0.446. The summed E-state index contributed by atoms with van der Waals surface area (Å²) in [5, 5.41) is -1.04. The normalized spacial score (nSPS) is 20.4. The van der Waals surface area contributed by atoms with Crippen LogP contribution in [-0.4, -0.2) is 38.9 Å². The first-order chi connectivity index (χ1) is 11.4. The molecule has 0 saturated carbocycles. The van der Waals surface area contributed by atoms with E-state index in [1.165, 1.54) is 25.6 Å². The molecule has 8 heteroatoms. The number of carbonyl (C=O) groups excluding carboxylic acids is 2. The van der Waals surface area contributed by atoms with Crippen molar-refractivity contribution in [2.24, 2.45) is 0 Å². The lowest BCUT2D eigenvalue weighted by atomic mass is 10.1. The van der Waals surface area contributed by atoms with Gasteiger partial charge in [-0.15, -0.1) is 0 Å². The topological polar surface area (TPSA) is 68.7 Å². The molecule has 1 fully saturated rings. The second-order valence-corrected chi connectivity index (χ2v) is 7.13. The van der Waals surface area contributed by atoms with Gasteiger partial charge in [-0.25, -0.2) is 9.88 Å². The lowest BCUT2D eigenvalue weighted by Gasteiger charge is -2.47. The highest BCUT2D eigenvalue weighted by molar-refractivity contribution is 8.00. The number of esters is 2. The standard InChI is InChI=1S/C16H21ClN2O4S/c1-4-14-7-8-24-16(22-11(2)20,23-12(3)21)19(14)10-13-5-6-15(17)18-9-13/h5-6,9,14H,4,7-8,10H2,1-3H3. The predicted octanol–water partition coefficient (Wildman–Crippen LogP) is 3.19. The Balaban J connectivity index is 2.36. The largest absolute Gasteiger partial charge is 0.399 e. The van der Waals surface area contributed by atoms with Gasteiger partial charge in [-0.3, -0.25) is 9.59 Å². The van der Waals surface area contributed by atoms with E-state index in [9.17, 15) is 9.59 Å². The van der Waals surface area contributed by atoms with E-state index in [1.54, 1.807) is 12.3 Å². The summed E-state index contributed by atoms with van der Waals surface area (Å²) in [7, 11) is 0. The number of halogens is 1. The van der Waals surface area contributed by atoms with Crippen LogP contribution in [0.25, 0.3) is 0 Å². The summed E-state index contributed by atoms with van der Waals surface area (Å²) in [4.78, 5) is 29.3. The molecule has 0 aromatic carbocycles. The smallest absolute Gasteiger partial charge is 0.374 e. The predicted molar refractivity (Wildman–Crippen MR) is 92.2 cm³/mol. The minimum absolute atomic E-state index is 0.112. The molecular formula is C16H21ClN2O4S. The summed E-state index contributed by atoms with van der Waals surface area (Å²) >= 11 is 7.15. The van der Waals surface area contributed by atoms with E-state index in [0.717, 1.165) is 24.2 Å². The number of aromatic nitrogens is 1. The first-order valence-electron chi connectivity index (χ1n) is 7.76. The molecule has 1 atom stereocenters. The first kappa shape index (κ1) is 19.0. The Labute approximate surface area is 150 Å². The van der Waals surface area contributed by atoms with E-state index in [0.29, 0.717) is 11.7 Å². The van der Waals surface area contributed by atoms with E-state index < -0.39 is 17.2 Å². The number of nitrogens with zero attached hydrogens (tertiary/aromatic N) is 2. The molecule has 2 heterocycles. The van der Waals surface area contributed by atoms with Crippen molar-refractivity contribution in [2.75, 3.05) is 5.75 Å². The van der Waals surface area contributed by atoms with E-state index >= 15 is 0 Å². The summed E-state index contributed by atoms with van der Waals surface area (Å²) < 4.78 is 11.0. The molecule has 0 N–H and O–H groups in total. The van der Waals surface area contributed by atoms with Gasteiger partial charge in [-0.1, -0.05) is 36.4 Å². The van der Waals surface area contributed by atoms with Gasteiger partial charge in [0, 0.05) is 38.4 Å². The third kappa shape index (κ3) is 4.62. The van der Waals surface area contributed by atoms with Crippen molar-refractivity contribution in [1.82, 2.24) is 9.88 Å². The molecule has 1 aromatic rings. The van der Waals surface area contributed by atoms with Gasteiger partial charge in [0.05, 0.1) is 0 Å². The maximum atomic E-state index is 11.7. The average molecular weight is 373 g/mol. The van der Waals surface area contributed by atoms with E-state index in [4.69, 9.17) is 21.1 Å². The SMILES string of the molecule is CCC1CCSC(OC(C)=O)(OC(C)=O)N1Cc1ccc(Cl)nc1. The van der Waals surface area contributed by atoms with Crippen LogP contribution in [0.3, 0.4) is 0 Å². The lowest BCUT2D eigenvalue weighted by Crippen LogP contribution is -2.58. The van der Waals surface area contributed by atoms with Crippen molar-refractivity contribution in [1.29, 1.82) is 0 Å². The van der Waals surface area contributed by atoms with Gasteiger partial charge in [0.15, 0.2) is 0 Å². The van der Waals surface area contributed by atoms with Crippen molar-refractivity contribution < 1.29 is 19.1 Å². The summed E-state index contributed by atoms with van der Waals surface area (Å²) in [6, 6.07) is 3.67. The molecule has 6 nitrogen and oxygen atoms in total. The second kappa shape index (κ2) is 8.18. The molecule has 1 aromatic heterocycles.